The summed E-state index contributed by atoms with van der Waals surface area (Å²) in [6.45, 7) is 1.59. The van der Waals surface area contributed by atoms with E-state index in [4.69, 9.17) is 0 Å². The Morgan fingerprint density at radius 1 is 0.853 bits per heavy atom. The number of alkyl halides is 6. The first-order chi connectivity index (χ1) is 15.7. The molecule has 1 aliphatic rings. The number of nitrogens with one attached hydrogen (secondary N) is 2. The van der Waals surface area contributed by atoms with Gasteiger partial charge < -0.3 is 4.90 Å². The lowest BCUT2D eigenvalue weighted by Crippen LogP contribution is -2.40. The Hall–Kier alpha value is -2.80. The van der Waals surface area contributed by atoms with E-state index in [2.05, 4.69) is 4.90 Å². The van der Waals surface area contributed by atoms with E-state index < -0.39 is 45.2 Å². The van der Waals surface area contributed by atoms with Crippen molar-refractivity contribution < 1.29 is 39.6 Å². The first-order valence-corrected chi connectivity index (χ1v) is 11.7. The number of benzene rings is 2. The first kappa shape index (κ1) is 25.8. The summed E-state index contributed by atoms with van der Waals surface area (Å²) in [6, 6.07) is 7.13. The van der Waals surface area contributed by atoms with Crippen molar-refractivity contribution in [2.45, 2.75) is 38.2 Å². The SMILES string of the molecule is O=C(NS(=O)(=O)NCc1ccc(N2CCCCC2)cc1)c1cc(C(F)(F)F)cc(C(F)(F)F)c1. The van der Waals surface area contributed by atoms with E-state index in [-0.39, 0.29) is 24.7 Å². The highest BCUT2D eigenvalue weighted by Gasteiger charge is 2.37. The Morgan fingerprint density at radius 3 is 1.88 bits per heavy atom. The van der Waals surface area contributed by atoms with Crippen molar-refractivity contribution in [1.82, 2.24) is 9.44 Å². The van der Waals surface area contributed by atoms with Crippen molar-refractivity contribution in [1.29, 1.82) is 0 Å². The Bertz CT molecular complexity index is 1090. The molecular weight excluding hydrogens is 488 g/mol. The third-order valence-corrected chi connectivity index (χ3v) is 6.18. The van der Waals surface area contributed by atoms with Gasteiger partial charge in [-0.2, -0.15) is 39.5 Å². The van der Waals surface area contributed by atoms with Gasteiger partial charge in [-0.15, -0.1) is 0 Å². The minimum absolute atomic E-state index is 0.152. The van der Waals surface area contributed by atoms with Crippen LogP contribution in [0.1, 0.15) is 46.3 Å². The molecule has 1 aliphatic heterocycles. The summed E-state index contributed by atoms with van der Waals surface area (Å²) < 4.78 is 106. The number of nitrogens with zero attached hydrogens (tertiary/aromatic N) is 1. The fraction of sp³-hybridized carbons (Fsp3) is 0.381. The van der Waals surface area contributed by atoms with E-state index in [0.29, 0.717) is 5.56 Å². The van der Waals surface area contributed by atoms with Gasteiger partial charge >= 0.3 is 22.6 Å². The van der Waals surface area contributed by atoms with E-state index in [9.17, 15) is 39.6 Å². The molecule has 2 aromatic carbocycles. The zero-order valence-corrected chi connectivity index (χ0v) is 18.4. The molecule has 0 aliphatic carbocycles. The van der Waals surface area contributed by atoms with Crippen LogP contribution in [0.15, 0.2) is 42.5 Å². The van der Waals surface area contributed by atoms with Gasteiger partial charge in [0.05, 0.1) is 11.1 Å². The van der Waals surface area contributed by atoms with Crippen molar-refractivity contribution in [3.05, 3.63) is 64.7 Å². The topological polar surface area (TPSA) is 78.5 Å². The predicted molar refractivity (Wildman–Crippen MR) is 112 cm³/mol. The van der Waals surface area contributed by atoms with Crippen LogP contribution in [0.5, 0.6) is 0 Å². The predicted octanol–water partition coefficient (Wildman–Crippen LogP) is 4.48. The van der Waals surface area contributed by atoms with Crippen LogP contribution >= 0.6 is 0 Å². The van der Waals surface area contributed by atoms with E-state index in [1.54, 1.807) is 12.1 Å². The number of carbonyl (C=O) groups is 1. The molecule has 0 atom stereocenters. The van der Waals surface area contributed by atoms with Crippen LogP contribution in [0, 0.1) is 0 Å². The average molecular weight is 509 g/mol. The minimum atomic E-state index is -5.17. The molecule has 0 spiro atoms. The van der Waals surface area contributed by atoms with E-state index in [1.165, 1.54) is 11.1 Å². The molecule has 2 N–H and O–H groups in total. The first-order valence-electron chi connectivity index (χ1n) is 10.2. The smallest absolute Gasteiger partial charge is 0.372 e. The number of halogens is 6. The molecule has 0 bridgehead atoms. The third kappa shape index (κ3) is 6.86. The second-order valence-electron chi connectivity index (χ2n) is 7.76. The molecule has 1 amide bonds. The molecule has 13 heteroatoms. The van der Waals surface area contributed by atoms with Gasteiger partial charge in [-0.05, 0) is 55.2 Å². The number of amides is 1. The van der Waals surface area contributed by atoms with Gasteiger partial charge in [-0.3, -0.25) is 4.79 Å². The molecule has 3 rings (SSSR count). The Labute approximate surface area is 192 Å². The van der Waals surface area contributed by atoms with Crippen molar-refractivity contribution in [3.8, 4) is 0 Å². The van der Waals surface area contributed by atoms with Crippen molar-refractivity contribution in [2.75, 3.05) is 18.0 Å². The van der Waals surface area contributed by atoms with Crippen molar-refractivity contribution in [3.63, 3.8) is 0 Å². The zero-order valence-electron chi connectivity index (χ0n) is 17.6. The molecule has 186 valence electrons. The number of hydrogen-bond acceptors (Lipinski definition) is 4. The van der Waals surface area contributed by atoms with Crippen molar-refractivity contribution in [2.24, 2.45) is 0 Å². The van der Waals surface area contributed by atoms with Gasteiger partial charge in [-0.1, -0.05) is 12.1 Å². The van der Waals surface area contributed by atoms with Gasteiger partial charge in [0.15, 0.2) is 0 Å². The lowest BCUT2D eigenvalue weighted by molar-refractivity contribution is -0.143. The van der Waals surface area contributed by atoms with Crippen molar-refractivity contribution >= 4 is 21.8 Å². The second-order valence-corrected chi connectivity index (χ2v) is 9.26. The van der Waals surface area contributed by atoms with E-state index in [0.717, 1.165) is 31.6 Å². The number of hydrogen-bond donors (Lipinski definition) is 2. The fourth-order valence-corrected chi connectivity index (χ4v) is 4.25. The molecule has 6 nitrogen and oxygen atoms in total. The standard InChI is InChI=1S/C21H21F6N3O3S/c22-20(23,24)16-10-15(11-17(12-16)21(25,26)27)19(31)29-34(32,33)28-13-14-4-6-18(7-5-14)30-8-2-1-3-9-30/h4-7,10-12,28H,1-3,8-9,13H2,(H,29,31). The maximum atomic E-state index is 13.0. The molecule has 0 radical (unpaired) electrons. The summed E-state index contributed by atoms with van der Waals surface area (Å²) in [5, 5.41) is 0. The molecule has 1 fully saturated rings. The van der Waals surface area contributed by atoms with Crippen LogP contribution in [0.2, 0.25) is 0 Å². The summed E-state index contributed by atoms with van der Waals surface area (Å²) in [5.41, 5.74) is -3.04. The van der Waals surface area contributed by atoms with Gasteiger partial charge in [0.1, 0.15) is 0 Å². The van der Waals surface area contributed by atoms with Gasteiger partial charge in [-0.25, -0.2) is 4.72 Å². The molecule has 1 saturated heterocycles. The van der Waals surface area contributed by atoms with Gasteiger partial charge in [0, 0.05) is 30.9 Å². The highest BCUT2D eigenvalue weighted by Crippen LogP contribution is 2.36. The van der Waals surface area contributed by atoms with Crippen LogP contribution in [0.3, 0.4) is 0 Å². The summed E-state index contributed by atoms with van der Waals surface area (Å²) in [5.74, 6) is -1.63. The highest BCUT2D eigenvalue weighted by atomic mass is 32.2. The second kappa shape index (κ2) is 9.82. The van der Waals surface area contributed by atoms with Crippen LogP contribution < -0.4 is 14.3 Å². The molecule has 2 aromatic rings. The van der Waals surface area contributed by atoms with Crippen LogP contribution in [-0.4, -0.2) is 27.4 Å². The number of carbonyl (C=O) groups excluding carboxylic acids is 1. The number of piperidine rings is 1. The summed E-state index contributed by atoms with van der Waals surface area (Å²) >= 11 is 0. The van der Waals surface area contributed by atoms with Gasteiger partial charge in [0.2, 0.25) is 0 Å². The zero-order chi connectivity index (χ0) is 25.1. The maximum Gasteiger partial charge on any atom is 0.416 e. The monoisotopic (exact) mass is 509 g/mol. The number of rotatable bonds is 6. The third-order valence-electron chi connectivity index (χ3n) is 5.20. The number of anilines is 1. The fourth-order valence-electron chi connectivity index (χ4n) is 3.46. The lowest BCUT2D eigenvalue weighted by atomic mass is 10.0. The van der Waals surface area contributed by atoms with Gasteiger partial charge in [0.25, 0.3) is 5.91 Å². The van der Waals surface area contributed by atoms with Crippen LogP contribution in [0.25, 0.3) is 0 Å². The molecular formula is C21H21F6N3O3S. The summed E-state index contributed by atoms with van der Waals surface area (Å²) in [6.07, 6.45) is -7.02. The molecule has 0 aromatic heterocycles. The van der Waals surface area contributed by atoms with E-state index >= 15 is 0 Å². The Kier molecular flexibility index (Phi) is 7.46. The summed E-state index contributed by atoms with van der Waals surface area (Å²) in [4.78, 5) is 14.4. The van der Waals surface area contributed by atoms with Crippen LogP contribution in [0.4, 0.5) is 32.0 Å². The molecule has 1 heterocycles. The van der Waals surface area contributed by atoms with E-state index in [1.807, 2.05) is 16.9 Å². The Morgan fingerprint density at radius 2 is 1.38 bits per heavy atom. The molecule has 0 unspecified atom stereocenters. The van der Waals surface area contributed by atoms with Crippen LogP contribution in [-0.2, 0) is 29.1 Å². The Balaban J connectivity index is 1.68. The largest absolute Gasteiger partial charge is 0.416 e. The molecule has 34 heavy (non-hydrogen) atoms. The highest BCUT2D eigenvalue weighted by molar-refractivity contribution is 7.88. The summed E-state index contributed by atoms with van der Waals surface area (Å²) in [7, 11) is -4.58. The maximum absolute atomic E-state index is 13.0. The quantitative estimate of drug-likeness (QED) is 0.563. The minimum Gasteiger partial charge on any atom is -0.372 e. The lowest BCUT2D eigenvalue weighted by Gasteiger charge is -2.28. The normalized spacial score (nSPS) is 15.3. The molecule has 0 saturated carbocycles. The average Bonchev–Trinajstić information content (AvgIpc) is 2.77.